The van der Waals surface area contributed by atoms with Crippen molar-refractivity contribution in [3.8, 4) is 11.1 Å². The van der Waals surface area contributed by atoms with E-state index in [4.69, 9.17) is 4.74 Å². The molecule has 0 heterocycles. The zero-order valence-electron chi connectivity index (χ0n) is 19.8. The Morgan fingerprint density at radius 2 is 1.65 bits per heavy atom. The predicted octanol–water partition coefficient (Wildman–Crippen LogP) is 4.31. The van der Waals surface area contributed by atoms with Crippen LogP contribution in [0.3, 0.4) is 0 Å². The summed E-state index contributed by atoms with van der Waals surface area (Å²) in [5.41, 5.74) is 3.79. The highest BCUT2D eigenvalue weighted by atomic mass is 16.5. The molecule has 180 valence electrons. The second-order valence-corrected chi connectivity index (χ2v) is 9.72. The third-order valence-corrected chi connectivity index (χ3v) is 7.61. The Balaban J connectivity index is 1.39. The van der Waals surface area contributed by atoms with Crippen molar-refractivity contribution in [2.45, 2.75) is 58.0 Å². The van der Waals surface area contributed by atoms with E-state index < -0.39 is 29.4 Å². The van der Waals surface area contributed by atoms with Gasteiger partial charge < -0.3 is 20.5 Å². The van der Waals surface area contributed by atoms with Crippen LogP contribution in [0.25, 0.3) is 11.1 Å². The molecule has 2 amide bonds. The molecular formula is C27H32N2O5. The van der Waals surface area contributed by atoms with Crippen LogP contribution in [-0.4, -0.2) is 41.8 Å². The van der Waals surface area contributed by atoms with E-state index >= 15 is 0 Å². The number of carbonyl (C=O) groups excluding carboxylic acids is 2. The molecule has 2 aliphatic rings. The quantitative estimate of drug-likeness (QED) is 0.566. The fourth-order valence-electron chi connectivity index (χ4n) is 5.16. The number of rotatable bonds is 7. The van der Waals surface area contributed by atoms with E-state index in [1.807, 2.05) is 31.2 Å². The zero-order chi connectivity index (χ0) is 24.5. The van der Waals surface area contributed by atoms with E-state index in [-0.39, 0.29) is 24.5 Å². The molecule has 0 aliphatic heterocycles. The molecule has 0 radical (unpaired) electrons. The van der Waals surface area contributed by atoms with Gasteiger partial charge in [0.1, 0.15) is 6.61 Å². The average molecular weight is 465 g/mol. The number of amides is 2. The van der Waals surface area contributed by atoms with E-state index in [1.54, 1.807) is 13.8 Å². The van der Waals surface area contributed by atoms with Crippen LogP contribution >= 0.6 is 0 Å². The SMILES string of the molecule is CC(NC(=O)C1(C)CCCC1NC(=O)OCC1c2ccccc2-c2ccccc21)C(C)C(=O)O. The van der Waals surface area contributed by atoms with E-state index in [9.17, 15) is 19.5 Å². The minimum atomic E-state index is -0.960. The van der Waals surface area contributed by atoms with Crippen molar-refractivity contribution in [3.63, 3.8) is 0 Å². The summed E-state index contributed by atoms with van der Waals surface area (Å²) >= 11 is 0. The van der Waals surface area contributed by atoms with Gasteiger partial charge in [0.05, 0.1) is 11.3 Å². The third kappa shape index (κ3) is 4.39. The normalized spacial score (nSPS) is 22.9. The van der Waals surface area contributed by atoms with Crippen molar-refractivity contribution in [2.24, 2.45) is 11.3 Å². The largest absolute Gasteiger partial charge is 0.481 e. The Bertz CT molecular complexity index is 1050. The lowest BCUT2D eigenvalue weighted by Gasteiger charge is -2.32. The van der Waals surface area contributed by atoms with Gasteiger partial charge in [0.25, 0.3) is 0 Å². The van der Waals surface area contributed by atoms with Gasteiger partial charge in [0, 0.05) is 18.0 Å². The van der Waals surface area contributed by atoms with E-state index in [1.165, 1.54) is 0 Å². The van der Waals surface area contributed by atoms with Crippen LogP contribution in [0.5, 0.6) is 0 Å². The zero-order valence-corrected chi connectivity index (χ0v) is 19.8. The number of carboxylic acids is 1. The van der Waals surface area contributed by atoms with Crippen molar-refractivity contribution in [1.29, 1.82) is 0 Å². The molecule has 7 heteroatoms. The first-order chi connectivity index (χ1) is 16.2. The van der Waals surface area contributed by atoms with Gasteiger partial charge in [0.2, 0.25) is 5.91 Å². The monoisotopic (exact) mass is 464 g/mol. The summed E-state index contributed by atoms with van der Waals surface area (Å²) in [6.07, 6.45) is 1.53. The Kier molecular flexibility index (Phi) is 6.64. The van der Waals surface area contributed by atoms with Crippen LogP contribution in [-0.2, 0) is 14.3 Å². The van der Waals surface area contributed by atoms with Crippen LogP contribution < -0.4 is 10.6 Å². The van der Waals surface area contributed by atoms with Crippen LogP contribution in [0.1, 0.15) is 57.1 Å². The molecule has 4 rings (SSSR count). The maximum Gasteiger partial charge on any atom is 0.407 e. The minimum Gasteiger partial charge on any atom is -0.481 e. The highest BCUT2D eigenvalue weighted by molar-refractivity contribution is 5.85. The van der Waals surface area contributed by atoms with Crippen LogP contribution in [0.15, 0.2) is 48.5 Å². The van der Waals surface area contributed by atoms with Crippen molar-refractivity contribution in [2.75, 3.05) is 6.61 Å². The summed E-state index contributed by atoms with van der Waals surface area (Å²) in [6.45, 7) is 5.28. The molecule has 7 nitrogen and oxygen atoms in total. The molecule has 3 N–H and O–H groups in total. The van der Waals surface area contributed by atoms with Crippen molar-refractivity contribution in [3.05, 3.63) is 59.7 Å². The fraction of sp³-hybridized carbons (Fsp3) is 0.444. The summed E-state index contributed by atoms with van der Waals surface area (Å²) in [5.74, 6) is -1.94. The van der Waals surface area contributed by atoms with E-state index in [0.717, 1.165) is 28.7 Å². The lowest BCUT2D eigenvalue weighted by molar-refractivity contribution is -0.142. The highest BCUT2D eigenvalue weighted by Gasteiger charge is 2.46. The smallest absolute Gasteiger partial charge is 0.407 e. The maximum absolute atomic E-state index is 13.0. The summed E-state index contributed by atoms with van der Waals surface area (Å²) in [4.78, 5) is 37.1. The Hall–Kier alpha value is -3.35. The van der Waals surface area contributed by atoms with Crippen LogP contribution in [0.2, 0.25) is 0 Å². The second kappa shape index (κ2) is 9.49. The summed E-state index contributed by atoms with van der Waals surface area (Å²) in [5, 5.41) is 15.0. The van der Waals surface area contributed by atoms with Crippen molar-refractivity contribution >= 4 is 18.0 Å². The van der Waals surface area contributed by atoms with Gasteiger partial charge in [-0.2, -0.15) is 0 Å². The van der Waals surface area contributed by atoms with Crippen LogP contribution in [0.4, 0.5) is 4.79 Å². The van der Waals surface area contributed by atoms with Crippen molar-refractivity contribution < 1.29 is 24.2 Å². The number of fused-ring (bicyclic) bond motifs is 3. The first-order valence-electron chi connectivity index (χ1n) is 11.9. The van der Waals surface area contributed by atoms with Gasteiger partial charge in [0.15, 0.2) is 0 Å². The number of aliphatic carboxylic acids is 1. The molecule has 0 aromatic heterocycles. The molecule has 0 spiro atoms. The number of carbonyl (C=O) groups is 3. The fourth-order valence-corrected chi connectivity index (χ4v) is 5.16. The molecule has 4 unspecified atom stereocenters. The summed E-state index contributed by atoms with van der Waals surface area (Å²) in [6, 6.07) is 15.4. The second-order valence-electron chi connectivity index (χ2n) is 9.72. The number of benzene rings is 2. The maximum atomic E-state index is 13.0. The van der Waals surface area contributed by atoms with Gasteiger partial charge in [-0.15, -0.1) is 0 Å². The van der Waals surface area contributed by atoms with Gasteiger partial charge in [-0.05, 0) is 55.9 Å². The predicted molar refractivity (Wildman–Crippen MR) is 128 cm³/mol. The number of hydrogen-bond acceptors (Lipinski definition) is 4. The standard InChI is InChI=1S/C27H32N2O5/c1-16(24(30)31)17(2)28-25(32)27(3)14-8-13-23(27)29-26(33)34-15-22-20-11-6-4-9-18(20)19-10-5-7-12-21(19)22/h4-7,9-12,16-17,22-23H,8,13-15H2,1-3H3,(H,28,32)(H,29,33)(H,30,31). The first-order valence-corrected chi connectivity index (χ1v) is 11.9. The topological polar surface area (TPSA) is 105 Å². The molecule has 0 bridgehead atoms. The molecule has 1 fully saturated rings. The summed E-state index contributed by atoms with van der Waals surface area (Å²) < 4.78 is 5.67. The number of hydrogen-bond donors (Lipinski definition) is 3. The Labute approximate surface area is 199 Å². The number of ether oxygens (including phenoxy) is 1. The highest BCUT2D eigenvalue weighted by Crippen LogP contribution is 2.44. The Morgan fingerprint density at radius 3 is 2.24 bits per heavy atom. The van der Waals surface area contributed by atoms with Gasteiger partial charge in [-0.3, -0.25) is 9.59 Å². The lowest BCUT2D eigenvalue weighted by Crippen LogP contribution is -2.54. The average Bonchev–Trinajstić information content (AvgIpc) is 3.35. The first kappa shape index (κ1) is 23.8. The molecule has 4 atom stereocenters. The number of carboxylic acid groups (broad SMARTS) is 1. The van der Waals surface area contributed by atoms with E-state index in [0.29, 0.717) is 12.8 Å². The molecule has 34 heavy (non-hydrogen) atoms. The molecule has 0 saturated heterocycles. The lowest BCUT2D eigenvalue weighted by atomic mass is 9.83. The number of alkyl carbamates (subject to hydrolysis) is 1. The number of nitrogens with one attached hydrogen (secondary N) is 2. The van der Waals surface area contributed by atoms with Crippen molar-refractivity contribution in [1.82, 2.24) is 10.6 Å². The van der Waals surface area contributed by atoms with E-state index in [2.05, 4.69) is 34.9 Å². The van der Waals surface area contributed by atoms with Gasteiger partial charge in [-0.25, -0.2) is 4.79 Å². The summed E-state index contributed by atoms with van der Waals surface area (Å²) in [7, 11) is 0. The van der Waals surface area contributed by atoms with Crippen LogP contribution in [0, 0.1) is 11.3 Å². The molecule has 2 aromatic rings. The Morgan fingerprint density at radius 1 is 1.06 bits per heavy atom. The minimum absolute atomic E-state index is 0.0326. The molecule has 2 aromatic carbocycles. The van der Waals surface area contributed by atoms with Gasteiger partial charge in [-0.1, -0.05) is 55.0 Å². The molecular weight excluding hydrogens is 432 g/mol. The molecule has 1 saturated carbocycles. The molecule has 2 aliphatic carbocycles. The van der Waals surface area contributed by atoms with Gasteiger partial charge >= 0.3 is 12.1 Å². The third-order valence-electron chi connectivity index (χ3n) is 7.61.